The molecule has 0 aliphatic carbocycles. The van der Waals surface area contributed by atoms with Crippen molar-refractivity contribution in [1.29, 1.82) is 0 Å². The number of aryl methyl sites for hydroxylation is 1. The summed E-state index contributed by atoms with van der Waals surface area (Å²) in [7, 11) is 0. The number of carbonyl (C=O) groups is 1. The molecule has 1 fully saturated rings. The number of hydrogen-bond donors (Lipinski definition) is 0. The van der Waals surface area contributed by atoms with Crippen LogP contribution in [0.15, 0.2) is 72.8 Å². The molecule has 1 aliphatic rings. The maximum atomic E-state index is 13.2. The van der Waals surface area contributed by atoms with Gasteiger partial charge in [0.25, 0.3) is 0 Å². The molecule has 3 aromatic carbocycles. The van der Waals surface area contributed by atoms with Crippen LogP contribution in [0.25, 0.3) is 11.0 Å². The largest absolute Gasteiger partial charge is 0.494 e. The van der Waals surface area contributed by atoms with Gasteiger partial charge in [-0.25, -0.2) is 4.98 Å². The topological polar surface area (TPSA) is 56.6 Å². The van der Waals surface area contributed by atoms with E-state index in [0.29, 0.717) is 26.2 Å². The number of nitrogens with zero attached hydrogens (tertiary/aromatic N) is 3. The van der Waals surface area contributed by atoms with Gasteiger partial charge in [0.1, 0.15) is 17.3 Å². The third-order valence-electron chi connectivity index (χ3n) is 7.15. The first-order chi connectivity index (χ1) is 18.3. The molecule has 1 aromatic heterocycles. The second-order valence-electron chi connectivity index (χ2n) is 10.9. The first-order valence-electron chi connectivity index (χ1n) is 13.6. The van der Waals surface area contributed by atoms with Gasteiger partial charge in [-0.1, -0.05) is 57.2 Å². The second kappa shape index (κ2) is 10.9. The number of amides is 1. The number of para-hydroxylation sites is 4. The highest BCUT2D eigenvalue weighted by molar-refractivity contribution is 5.97. The predicted octanol–water partition coefficient (Wildman–Crippen LogP) is 6.72. The lowest BCUT2D eigenvalue weighted by molar-refractivity contribution is -0.117. The Morgan fingerprint density at radius 3 is 2.45 bits per heavy atom. The maximum Gasteiger partial charge on any atom is 0.227 e. The van der Waals surface area contributed by atoms with Crippen molar-refractivity contribution in [3.63, 3.8) is 0 Å². The normalized spacial score (nSPS) is 15.8. The van der Waals surface area contributed by atoms with Gasteiger partial charge in [-0.2, -0.15) is 0 Å². The van der Waals surface area contributed by atoms with E-state index in [1.54, 1.807) is 0 Å². The molecule has 6 heteroatoms. The van der Waals surface area contributed by atoms with E-state index in [4.69, 9.17) is 14.5 Å². The van der Waals surface area contributed by atoms with Crippen molar-refractivity contribution in [2.24, 2.45) is 0 Å². The Hall–Kier alpha value is -3.80. The predicted molar refractivity (Wildman–Crippen MR) is 152 cm³/mol. The van der Waals surface area contributed by atoms with Gasteiger partial charge in [0, 0.05) is 25.4 Å². The smallest absolute Gasteiger partial charge is 0.227 e. The minimum atomic E-state index is 0.00967. The molecule has 0 radical (unpaired) electrons. The van der Waals surface area contributed by atoms with Crippen molar-refractivity contribution < 1.29 is 14.3 Å². The summed E-state index contributed by atoms with van der Waals surface area (Å²) in [6, 6.07) is 24.4. The number of hydrogen-bond acceptors (Lipinski definition) is 4. The fourth-order valence-electron chi connectivity index (χ4n) is 5.18. The first-order valence-corrected chi connectivity index (χ1v) is 13.6. The molecule has 6 nitrogen and oxygen atoms in total. The first kappa shape index (κ1) is 25.8. The highest BCUT2D eigenvalue weighted by Crippen LogP contribution is 2.37. The van der Waals surface area contributed by atoms with Crippen LogP contribution >= 0.6 is 0 Å². The van der Waals surface area contributed by atoms with Gasteiger partial charge in [-0.15, -0.1) is 0 Å². The van der Waals surface area contributed by atoms with Crippen LogP contribution in [0.1, 0.15) is 57.8 Å². The molecule has 0 spiro atoms. The Morgan fingerprint density at radius 1 is 0.947 bits per heavy atom. The van der Waals surface area contributed by atoms with Crippen molar-refractivity contribution in [3.8, 4) is 11.5 Å². The number of fused-ring (bicyclic) bond motifs is 1. The summed E-state index contributed by atoms with van der Waals surface area (Å²) in [6.45, 7) is 11.1. The number of benzene rings is 3. The molecule has 1 unspecified atom stereocenters. The monoisotopic (exact) mass is 511 g/mol. The molecule has 2 heterocycles. The van der Waals surface area contributed by atoms with Crippen molar-refractivity contribution in [2.45, 2.75) is 58.4 Å². The zero-order valence-electron chi connectivity index (χ0n) is 22.8. The molecule has 198 valence electrons. The number of aromatic nitrogens is 2. The van der Waals surface area contributed by atoms with Gasteiger partial charge >= 0.3 is 0 Å². The minimum absolute atomic E-state index is 0.00967. The maximum absolute atomic E-state index is 13.2. The molecule has 4 aromatic rings. The third kappa shape index (κ3) is 5.40. The van der Waals surface area contributed by atoms with Gasteiger partial charge in [0.05, 0.1) is 29.9 Å². The van der Waals surface area contributed by atoms with E-state index < -0.39 is 0 Å². The molecule has 1 aliphatic heterocycles. The third-order valence-corrected chi connectivity index (χ3v) is 7.15. The quantitative estimate of drug-likeness (QED) is 0.234. The fourth-order valence-corrected chi connectivity index (χ4v) is 5.18. The van der Waals surface area contributed by atoms with Gasteiger partial charge in [-0.3, -0.25) is 4.79 Å². The van der Waals surface area contributed by atoms with E-state index in [2.05, 4.69) is 55.7 Å². The summed E-state index contributed by atoms with van der Waals surface area (Å²) in [4.78, 5) is 20.0. The summed E-state index contributed by atoms with van der Waals surface area (Å²) >= 11 is 0. The Kier molecular flexibility index (Phi) is 7.41. The van der Waals surface area contributed by atoms with Crippen LogP contribution in [-0.4, -0.2) is 35.2 Å². The van der Waals surface area contributed by atoms with E-state index in [1.807, 2.05) is 54.3 Å². The van der Waals surface area contributed by atoms with Crippen LogP contribution in [0, 0.1) is 0 Å². The molecular formula is C32H37N3O3. The standard InChI is InChI=1S/C32H37N3O3/c1-5-37-29-14-9-8-13-28(29)35-22-23(21-30(35)36)31-33-26-11-6-7-12-27(26)34(31)19-10-20-38-25-17-15-24(16-18-25)32(2,3)4/h6-9,11-18,23H,5,10,19-22H2,1-4H3. The van der Waals surface area contributed by atoms with Crippen LogP contribution in [0.3, 0.4) is 0 Å². The van der Waals surface area contributed by atoms with E-state index in [1.165, 1.54) is 5.56 Å². The summed E-state index contributed by atoms with van der Waals surface area (Å²) in [5, 5.41) is 0. The van der Waals surface area contributed by atoms with E-state index in [9.17, 15) is 4.79 Å². The Morgan fingerprint density at radius 2 is 1.68 bits per heavy atom. The van der Waals surface area contributed by atoms with Crippen LogP contribution in [-0.2, 0) is 16.8 Å². The van der Waals surface area contributed by atoms with Crippen molar-refractivity contribution >= 4 is 22.6 Å². The van der Waals surface area contributed by atoms with Crippen LogP contribution in [0.2, 0.25) is 0 Å². The summed E-state index contributed by atoms with van der Waals surface area (Å²) in [6.07, 6.45) is 1.27. The summed E-state index contributed by atoms with van der Waals surface area (Å²) < 4.78 is 14.1. The van der Waals surface area contributed by atoms with Gasteiger partial charge in [0.15, 0.2) is 0 Å². The average Bonchev–Trinajstić information content (AvgIpc) is 3.47. The highest BCUT2D eigenvalue weighted by Gasteiger charge is 2.36. The van der Waals surface area contributed by atoms with Crippen LogP contribution in [0.4, 0.5) is 5.69 Å². The van der Waals surface area contributed by atoms with Crippen molar-refractivity contribution in [2.75, 3.05) is 24.7 Å². The lowest BCUT2D eigenvalue weighted by Crippen LogP contribution is -2.25. The van der Waals surface area contributed by atoms with Gasteiger partial charge in [-0.05, 0) is 60.7 Å². The lowest BCUT2D eigenvalue weighted by Gasteiger charge is -2.20. The average molecular weight is 512 g/mol. The van der Waals surface area contributed by atoms with Gasteiger partial charge < -0.3 is 18.9 Å². The van der Waals surface area contributed by atoms with Crippen LogP contribution in [0.5, 0.6) is 11.5 Å². The summed E-state index contributed by atoms with van der Waals surface area (Å²) in [5.41, 5.74) is 4.30. The fraction of sp³-hybridized carbons (Fsp3) is 0.375. The van der Waals surface area contributed by atoms with Crippen LogP contribution < -0.4 is 14.4 Å². The number of rotatable bonds is 9. The molecule has 1 saturated heterocycles. The molecule has 0 bridgehead atoms. The highest BCUT2D eigenvalue weighted by atomic mass is 16.5. The molecule has 38 heavy (non-hydrogen) atoms. The summed E-state index contributed by atoms with van der Waals surface area (Å²) in [5.74, 6) is 2.70. The van der Waals surface area contributed by atoms with E-state index in [-0.39, 0.29) is 17.2 Å². The molecule has 0 saturated carbocycles. The second-order valence-corrected chi connectivity index (χ2v) is 10.9. The number of carbonyl (C=O) groups excluding carboxylic acids is 1. The Bertz CT molecular complexity index is 1400. The Labute approximate surface area is 225 Å². The molecule has 0 N–H and O–H groups in total. The Balaban J connectivity index is 1.31. The molecular weight excluding hydrogens is 474 g/mol. The molecule has 5 rings (SSSR count). The number of ether oxygens (including phenoxy) is 2. The minimum Gasteiger partial charge on any atom is -0.494 e. The van der Waals surface area contributed by atoms with Crippen molar-refractivity contribution in [1.82, 2.24) is 9.55 Å². The van der Waals surface area contributed by atoms with E-state index in [0.717, 1.165) is 47.0 Å². The molecule has 1 amide bonds. The SMILES string of the molecule is CCOc1ccccc1N1CC(c2nc3ccccc3n2CCCOc2ccc(C(C)(C)C)cc2)CC1=O. The lowest BCUT2D eigenvalue weighted by atomic mass is 9.87. The van der Waals surface area contributed by atoms with Crippen molar-refractivity contribution in [3.05, 3.63) is 84.2 Å². The number of anilines is 1. The number of imidazole rings is 1. The van der Waals surface area contributed by atoms with E-state index >= 15 is 0 Å². The zero-order valence-corrected chi connectivity index (χ0v) is 22.8. The molecule has 1 atom stereocenters. The zero-order chi connectivity index (χ0) is 26.7. The van der Waals surface area contributed by atoms with Gasteiger partial charge in [0.2, 0.25) is 5.91 Å².